The fourth-order valence-electron chi connectivity index (χ4n) is 3.48. The molecule has 0 saturated carbocycles. The maximum Gasteiger partial charge on any atom is 0 e. The number of carbonyl (C=O) groups excluding carboxylic acids is 1. The van der Waals surface area contributed by atoms with E-state index < -0.39 is 0 Å². The maximum atomic E-state index is 12.2. The molecular weight excluding hydrogens is 721 g/mol. The van der Waals surface area contributed by atoms with Gasteiger partial charge in [-0.1, -0.05) is 24.3 Å². The summed E-state index contributed by atoms with van der Waals surface area (Å²) in [5.74, 6) is 4.92. The molecule has 0 bridgehead atoms. The van der Waals surface area contributed by atoms with E-state index in [-0.39, 0.29) is 26.3 Å². The molecule has 3 N–H and O–H groups in total. The van der Waals surface area contributed by atoms with Crippen LogP contribution in [-0.4, -0.2) is 33.9 Å². The molecule has 2 heterocycles. The summed E-state index contributed by atoms with van der Waals surface area (Å²) in [6.07, 6.45) is 6.69. The van der Waals surface area contributed by atoms with E-state index in [4.69, 9.17) is 19.9 Å². The first-order valence-electron chi connectivity index (χ1n) is 11.9. The number of amides is 1. The minimum Gasteiger partial charge on any atom is 0 e. The van der Waals surface area contributed by atoms with Gasteiger partial charge < -0.3 is 5.32 Å². The normalized spacial score (nSPS) is 9.27. The molecule has 0 fully saturated rings. The monoisotopic (exact) mass is 752 g/mol. The second kappa shape index (κ2) is 28.6. The van der Waals surface area contributed by atoms with Gasteiger partial charge in [-0.25, -0.2) is 0 Å². The Kier molecular flexibility index (Phi) is 28.0. The smallest absolute Gasteiger partial charge is 0 e. The molecule has 0 saturated heterocycles. The summed E-state index contributed by atoms with van der Waals surface area (Å²) in [6.45, 7) is 16.5. The van der Waals surface area contributed by atoms with E-state index in [0.29, 0.717) is 13.0 Å². The van der Waals surface area contributed by atoms with Crippen molar-refractivity contribution in [1.82, 2.24) is 20.2 Å². The molecule has 3 aromatic rings. The Balaban J connectivity index is 0. The third-order valence-electron chi connectivity index (χ3n) is 5.18. The van der Waals surface area contributed by atoms with Crippen molar-refractivity contribution in [2.24, 2.45) is 5.90 Å². The van der Waals surface area contributed by atoms with Crippen LogP contribution >= 0.6 is 12.0 Å². The Hall–Kier alpha value is -2.94. The number of nitrogens with two attached hydrogens (primary N) is 1. The zero-order valence-electron chi connectivity index (χ0n) is 22.2. The molecule has 13 heteroatoms. The molecular formula is C28H31N5O6ReS. The molecule has 0 atom stereocenters. The van der Waals surface area contributed by atoms with E-state index in [9.17, 15) is 4.79 Å². The average molecular weight is 752 g/mol. The van der Waals surface area contributed by atoms with Gasteiger partial charge in [0.2, 0.25) is 5.91 Å². The fourth-order valence-corrected chi connectivity index (χ4v) is 3.85. The van der Waals surface area contributed by atoms with E-state index in [0.717, 1.165) is 72.8 Å². The first-order valence-corrected chi connectivity index (χ1v) is 12.7. The number of aromatic nitrogens is 2. The summed E-state index contributed by atoms with van der Waals surface area (Å²) in [7, 11) is 0. The molecule has 2 aromatic heterocycles. The molecule has 1 radical (unpaired) electrons. The van der Waals surface area contributed by atoms with E-state index in [1.807, 2.05) is 73.1 Å². The summed E-state index contributed by atoms with van der Waals surface area (Å²) in [5, 5.41) is 3.01. The minimum atomic E-state index is 0. The SMILES string of the molecule is NOOSc1ccc(CCNC(=O)CCCCN(Cc2ccccn2)Cc2ccccn2)cc1.[C-]#[O+].[C-]#[O+].[C-]#[O+].[Re]. The Morgan fingerprint density at radius 3 is 1.93 bits per heavy atom. The van der Waals surface area contributed by atoms with Gasteiger partial charge in [-0.3, -0.25) is 19.7 Å². The average Bonchev–Trinajstić information content (AvgIpc) is 3.03. The molecule has 11 nitrogen and oxygen atoms in total. The van der Waals surface area contributed by atoms with Gasteiger partial charge >= 0.3 is 33.9 Å². The number of nitrogens with zero attached hydrogens (tertiary/aromatic N) is 3. The molecule has 1 aromatic carbocycles. The Labute approximate surface area is 258 Å². The van der Waals surface area contributed by atoms with Gasteiger partial charge in [0.05, 0.1) is 23.4 Å². The van der Waals surface area contributed by atoms with Gasteiger partial charge in [0, 0.05) is 63.8 Å². The van der Waals surface area contributed by atoms with E-state index in [1.54, 1.807) is 0 Å². The van der Waals surface area contributed by atoms with Crippen LogP contribution in [0.1, 0.15) is 36.2 Å². The molecule has 0 aliphatic carbocycles. The minimum absolute atomic E-state index is 0. The van der Waals surface area contributed by atoms with Crippen LogP contribution in [-0.2, 0) is 68.0 Å². The number of hydrogen-bond donors (Lipinski definition) is 2. The summed E-state index contributed by atoms with van der Waals surface area (Å²) >= 11 is 1.04. The summed E-state index contributed by atoms with van der Waals surface area (Å²) in [5.41, 5.74) is 3.20. The Morgan fingerprint density at radius 2 is 1.44 bits per heavy atom. The largest absolute Gasteiger partial charge is 0 e. The molecule has 0 spiro atoms. The standard InChI is InChI=1S/C25H31N5O3S.3CO.Re/c26-32-33-34-24-12-10-21(11-13-24)14-17-29-25(31)9-3-6-18-30(19-22-7-1-4-15-27-22)20-23-8-2-5-16-28-23;3*1-2;/h1-2,4-5,7-8,10-13,15-16H,3,6,9,14,17-20,26H2,(H,29,31);;;;. The summed E-state index contributed by atoms with van der Waals surface area (Å²) < 4.78 is 27.1. The van der Waals surface area contributed by atoms with Crippen LogP contribution in [0.2, 0.25) is 0 Å². The van der Waals surface area contributed by atoms with Crippen LogP contribution in [0.25, 0.3) is 0 Å². The van der Waals surface area contributed by atoms with Gasteiger partial charge in [0.15, 0.2) is 0 Å². The third-order valence-corrected chi connectivity index (χ3v) is 5.79. The van der Waals surface area contributed by atoms with Crippen molar-refractivity contribution in [1.29, 1.82) is 0 Å². The van der Waals surface area contributed by atoms with E-state index >= 15 is 0 Å². The number of benzene rings is 1. The van der Waals surface area contributed by atoms with Gasteiger partial charge in [-0.15, -0.1) is 9.32 Å². The molecule has 0 aliphatic rings. The Morgan fingerprint density at radius 1 is 0.878 bits per heavy atom. The first-order chi connectivity index (χ1) is 19.7. The van der Waals surface area contributed by atoms with Crippen molar-refractivity contribution < 1.29 is 48.5 Å². The quantitative estimate of drug-likeness (QED) is 0.0593. The van der Waals surface area contributed by atoms with Crippen molar-refractivity contribution in [3.8, 4) is 0 Å². The van der Waals surface area contributed by atoms with Crippen molar-refractivity contribution in [3.05, 3.63) is 110 Å². The van der Waals surface area contributed by atoms with Crippen LogP contribution in [0, 0.1) is 20.0 Å². The van der Waals surface area contributed by atoms with Gasteiger partial charge in [-0.2, -0.15) is 5.90 Å². The van der Waals surface area contributed by atoms with E-state index in [2.05, 4.69) is 49.5 Å². The van der Waals surface area contributed by atoms with Crippen molar-refractivity contribution >= 4 is 17.9 Å². The van der Waals surface area contributed by atoms with Crippen LogP contribution in [0.5, 0.6) is 0 Å². The van der Waals surface area contributed by atoms with Crippen LogP contribution in [0.4, 0.5) is 0 Å². The second-order valence-electron chi connectivity index (χ2n) is 7.80. The summed E-state index contributed by atoms with van der Waals surface area (Å²) in [6, 6.07) is 19.7. The number of nitrogens with one attached hydrogen (secondary N) is 1. The molecule has 3 rings (SSSR count). The molecule has 217 valence electrons. The Bertz CT molecular complexity index is 1050. The first kappa shape index (κ1) is 40.2. The maximum absolute atomic E-state index is 12.2. The van der Waals surface area contributed by atoms with Gasteiger partial charge in [-0.05, 0) is 67.8 Å². The zero-order valence-corrected chi connectivity index (χ0v) is 25.8. The number of unbranched alkanes of at least 4 members (excludes halogenated alkanes) is 1. The van der Waals surface area contributed by atoms with Crippen molar-refractivity contribution in [2.75, 3.05) is 13.1 Å². The number of hydrogen-bond acceptors (Lipinski definition) is 8. The molecule has 0 aliphatic heterocycles. The van der Waals surface area contributed by atoms with Gasteiger partial charge in [0.25, 0.3) is 0 Å². The van der Waals surface area contributed by atoms with Crippen LogP contribution in [0.3, 0.4) is 0 Å². The van der Waals surface area contributed by atoms with E-state index in [1.165, 1.54) is 0 Å². The fraction of sp³-hybridized carbons (Fsp3) is 0.286. The predicted molar refractivity (Wildman–Crippen MR) is 144 cm³/mol. The van der Waals surface area contributed by atoms with Crippen LogP contribution in [0.15, 0.2) is 78.0 Å². The van der Waals surface area contributed by atoms with Gasteiger partial charge in [0.1, 0.15) is 0 Å². The number of pyridine rings is 2. The van der Waals surface area contributed by atoms with Crippen molar-refractivity contribution in [3.63, 3.8) is 0 Å². The molecule has 0 unspecified atom stereocenters. The summed E-state index contributed by atoms with van der Waals surface area (Å²) in [4.78, 5) is 28.4. The second-order valence-corrected chi connectivity index (χ2v) is 8.58. The molecule has 1 amide bonds. The number of carbonyl (C=O) groups is 1. The molecule has 41 heavy (non-hydrogen) atoms. The topological polar surface area (TPSA) is 162 Å². The number of rotatable bonds is 15. The zero-order chi connectivity index (χ0) is 29.8. The third kappa shape index (κ3) is 19.7. The van der Waals surface area contributed by atoms with Crippen LogP contribution < -0.4 is 11.2 Å². The van der Waals surface area contributed by atoms with Crippen molar-refractivity contribution in [2.45, 2.75) is 43.7 Å². The predicted octanol–water partition coefficient (Wildman–Crippen LogP) is 3.72.